The number of aromatic nitrogens is 3. The lowest BCUT2D eigenvalue weighted by atomic mass is 9.95. The van der Waals surface area contributed by atoms with Gasteiger partial charge in [-0.15, -0.1) is 10.2 Å². The topological polar surface area (TPSA) is 43.9 Å². The van der Waals surface area contributed by atoms with Crippen LogP contribution in [-0.4, -0.2) is 14.8 Å². The molecule has 0 N–H and O–H groups in total. The van der Waals surface area contributed by atoms with Crippen molar-refractivity contribution in [2.75, 3.05) is 0 Å². The lowest BCUT2D eigenvalue weighted by Crippen LogP contribution is -2.19. The molecule has 98 valence electrons. The Morgan fingerprint density at radius 2 is 2.00 bits per heavy atom. The number of aryl methyl sites for hydroxylation is 1. The van der Waals surface area contributed by atoms with Gasteiger partial charge in [-0.2, -0.15) is 0 Å². The lowest BCUT2D eigenvalue weighted by molar-refractivity contribution is 0.495. The molecule has 2 rings (SSSR count). The van der Waals surface area contributed by atoms with Gasteiger partial charge in [0.15, 0.2) is 5.82 Å². The largest absolute Gasteiger partial charge is 0.469 e. The average Bonchev–Trinajstić information content (AvgIpc) is 2.84. The fourth-order valence-corrected chi connectivity index (χ4v) is 2.11. The number of furan rings is 1. The highest BCUT2D eigenvalue weighted by molar-refractivity contribution is 5.57. The van der Waals surface area contributed by atoms with Crippen LogP contribution in [0, 0.1) is 6.92 Å². The number of hydrogen-bond donors (Lipinski definition) is 0. The summed E-state index contributed by atoms with van der Waals surface area (Å²) >= 11 is 0. The van der Waals surface area contributed by atoms with Crippen molar-refractivity contribution in [2.24, 2.45) is 0 Å². The highest BCUT2D eigenvalue weighted by atomic mass is 16.3. The second-order valence-corrected chi connectivity index (χ2v) is 5.64. The zero-order valence-corrected chi connectivity index (χ0v) is 11.8. The monoisotopic (exact) mass is 247 g/mol. The average molecular weight is 247 g/mol. The maximum Gasteiger partial charge on any atom is 0.167 e. The Bertz CT molecular complexity index is 531. The Labute approximate surface area is 108 Å². The van der Waals surface area contributed by atoms with E-state index in [9.17, 15) is 0 Å². The third-order valence-corrected chi connectivity index (χ3v) is 2.97. The van der Waals surface area contributed by atoms with Crippen molar-refractivity contribution in [3.8, 4) is 11.4 Å². The van der Waals surface area contributed by atoms with E-state index in [4.69, 9.17) is 4.42 Å². The van der Waals surface area contributed by atoms with Crippen LogP contribution in [0.1, 0.15) is 45.7 Å². The van der Waals surface area contributed by atoms with Crippen molar-refractivity contribution in [1.29, 1.82) is 0 Å². The minimum absolute atomic E-state index is 0.00192. The molecular weight excluding hydrogens is 226 g/mol. The Hall–Kier alpha value is -1.58. The van der Waals surface area contributed by atoms with E-state index >= 15 is 0 Å². The molecule has 0 fully saturated rings. The zero-order chi connectivity index (χ0) is 13.3. The summed E-state index contributed by atoms with van der Waals surface area (Å²) in [6, 6.07) is 1.96. The van der Waals surface area contributed by atoms with Crippen molar-refractivity contribution < 1.29 is 4.42 Å². The molecule has 0 aliphatic carbocycles. The van der Waals surface area contributed by atoms with Crippen LogP contribution in [0.3, 0.4) is 0 Å². The Balaban J connectivity index is 2.56. The predicted octanol–water partition coefficient (Wildman–Crippen LogP) is 3.55. The molecule has 0 amide bonds. The van der Waals surface area contributed by atoms with E-state index in [0.717, 1.165) is 35.9 Å². The van der Waals surface area contributed by atoms with E-state index in [1.807, 2.05) is 13.0 Å². The van der Waals surface area contributed by atoms with Crippen LogP contribution in [0.4, 0.5) is 0 Å². The van der Waals surface area contributed by atoms with Gasteiger partial charge >= 0.3 is 0 Å². The molecule has 2 aromatic heterocycles. The fourth-order valence-electron chi connectivity index (χ4n) is 2.11. The summed E-state index contributed by atoms with van der Waals surface area (Å²) in [7, 11) is 0. The Kier molecular flexibility index (Phi) is 3.28. The molecule has 0 unspecified atom stereocenters. The highest BCUT2D eigenvalue weighted by Gasteiger charge is 2.24. The van der Waals surface area contributed by atoms with Gasteiger partial charge in [-0.05, 0) is 19.4 Å². The van der Waals surface area contributed by atoms with Gasteiger partial charge in [0.2, 0.25) is 0 Å². The second kappa shape index (κ2) is 4.59. The molecule has 2 heterocycles. The maximum atomic E-state index is 5.37. The first-order valence-electron chi connectivity index (χ1n) is 6.43. The van der Waals surface area contributed by atoms with Crippen molar-refractivity contribution in [1.82, 2.24) is 14.8 Å². The molecule has 4 nitrogen and oxygen atoms in total. The van der Waals surface area contributed by atoms with Gasteiger partial charge in [0.05, 0.1) is 11.8 Å². The standard InChI is InChI=1S/C14H21N3O/c1-6-8-17-12(11-7-9-18-10(11)2)15-16-13(17)14(3,4)5/h7,9H,6,8H2,1-5H3. The molecule has 0 radical (unpaired) electrons. The third-order valence-electron chi connectivity index (χ3n) is 2.97. The molecule has 0 atom stereocenters. The van der Waals surface area contributed by atoms with Gasteiger partial charge < -0.3 is 8.98 Å². The second-order valence-electron chi connectivity index (χ2n) is 5.64. The van der Waals surface area contributed by atoms with Crippen LogP contribution in [0.2, 0.25) is 0 Å². The molecule has 18 heavy (non-hydrogen) atoms. The first-order valence-corrected chi connectivity index (χ1v) is 6.43. The molecule has 0 aliphatic rings. The van der Waals surface area contributed by atoms with E-state index < -0.39 is 0 Å². The lowest BCUT2D eigenvalue weighted by Gasteiger charge is -2.19. The molecule has 0 spiro atoms. The van der Waals surface area contributed by atoms with Gasteiger partial charge in [0.25, 0.3) is 0 Å². The van der Waals surface area contributed by atoms with Crippen LogP contribution in [0.5, 0.6) is 0 Å². The number of hydrogen-bond acceptors (Lipinski definition) is 3. The summed E-state index contributed by atoms with van der Waals surface area (Å²) in [5.41, 5.74) is 1.03. The molecule has 0 aromatic carbocycles. The van der Waals surface area contributed by atoms with Crippen molar-refractivity contribution in [3.63, 3.8) is 0 Å². The highest BCUT2D eigenvalue weighted by Crippen LogP contribution is 2.28. The fraction of sp³-hybridized carbons (Fsp3) is 0.571. The summed E-state index contributed by atoms with van der Waals surface area (Å²) in [4.78, 5) is 0. The normalized spacial score (nSPS) is 12.1. The van der Waals surface area contributed by atoms with Gasteiger partial charge in [-0.3, -0.25) is 0 Å². The maximum absolute atomic E-state index is 5.37. The number of rotatable bonds is 3. The van der Waals surface area contributed by atoms with Crippen LogP contribution in [-0.2, 0) is 12.0 Å². The molecule has 4 heteroatoms. The van der Waals surface area contributed by atoms with Crippen LogP contribution in [0.15, 0.2) is 16.7 Å². The summed E-state index contributed by atoms with van der Waals surface area (Å²) in [6.45, 7) is 11.5. The van der Waals surface area contributed by atoms with Crippen LogP contribution >= 0.6 is 0 Å². The van der Waals surface area contributed by atoms with Gasteiger partial charge in [0.1, 0.15) is 11.6 Å². The summed E-state index contributed by atoms with van der Waals surface area (Å²) < 4.78 is 7.57. The molecular formula is C14H21N3O. The van der Waals surface area contributed by atoms with Crippen LogP contribution in [0.25, 0.3) is 11.4 Å². The molecule has 0 bridgehead atoms. The van der Waals surface area contributed by atoms with E-state index in [1.54, 1.807) is 6.26 Å². The van der Waals surface area contributed by atoms with Crippen molar-refractivity contribution in [2.45, 2.75) is 53.0 Å². The third kappa shape index (κ3) is 2.19. The van der Waals surface area contributed by atoms with Crippen molar-refractivity contribution in [3.05, 3.63) is 23.9 Å². The smallest absolute Gasteiger partial charge is 0.167 e. The zero-order valence-electron chi connectivity index (χ0n) is 11.8. The molecule has 0 aliphatic heterocycles. The quantitative estimate of drug-likeness (QED) is 0.833. The van der Waals surface area contributed by atoms with Gasteiger partial charge in [-0.25, -0.2) is 0 Å². The summed E-state index contributed by atoms with van der Waals surface area (Å²) in [6.07, 6.45) is 2.76. The van der Waals surface area contributed by atoms with Gasteiger partial charge in [-0.1, -0.05) is 27.7 Å². The van der Waals surface area contributed by atoms with E-state index in [2.05, 4.69) is 42.5 Å². The Morgan fingerprint density at radius 3 is 2.50 bits per heavy atom. The van der Waals surface area contributed by atoms with E-state index in [0.29, 0.717) is 0 Å². The predicted molar refractivity (Wildman–Crippen MR) is 71.5 cm³/mol. The molecule has 0 saturated heterocycles. The summed E-state index contributed by atoms with van der Waals surface area (Å²) in [5.74, 6) is 2.83. The first-order chi connectivity index (χ1) is 8.45. The van der Waals surface area contributed by atoms with Crippen LogP contribution < -0.4 is 0 Å². The number of nitrogens with zero attached hydrogens (tertiary/aromatic N) is 3. The SMILES string of the molecule is CCCn1c(-c2ccoc2C)nnc1C(C)(C)C. The minimum atomic E-state index is -0.00192. The van der Waals surface area contributed by atoms with E-state index in [1.165, 1.54) is 0 Å². The summed E-state index contributed by atoms with van der Waals surface area (Å²) in [5, 5.41) is 8.73. The molecule has 2 aromatic rings. The van der Waals surface area contributed by atoms with E-state index in [-0.39, 0.29) is 5.41 Å². The minimum Gasteiger partial charge on any atom is -0.469 e. The van der Waals surface area contributed by atoms with Gasteiger partial charge in [0, 0.05) is 12.0 Å². The van der Waals surface area contributed by atoms with Crippen molar-refractivity contribution >= 4 is 0 Å². The Morgan fingerprint density at radius 1 is 1.28 bits per heavy atom. The first kappa shape index (κ1) is 12.9. The molecule has 0 saturated carbocycles.